The van der Waals surface area contributed by atoms with Crippen LogP contribution in [0.4, 0.5) is 5.69 Å². The molecule has 0 bridgehead atoms. The fraction of sp³-hybridized carbons (Fsp3) is 0.182. The Bertz CT molecular complexity index is 329. The number of benzene rings is 1. The van der Waals surface area contributed by atoms with Crippen LogP contribution in [0.2, 0.25) is 0 Å². The Morgan fingerprint density at radius 1 is 1.38 bits per heavy atom. The lowest BCUT2D eigenvalue weighted by molar-refractivity contribution is -0.112. The second-order valence-corrected chi connectivity index (χ2v) is 2.90. The summed E-state index contributed by atoms with van der Waals surface area (Å²) in [4.78, 5) is 10.6. The molecule has 1 aromatic carbocycles. The molecule has 1 aromatic rings. The normalized spacial score (nSPS) is 10.3. The van der Waals surface area contributed by atoms with Crippen LogP contribution < -0.4 is 5.32 Å². The summed E-state index contributed by atoms with van der Waals surface area (Å²) in [5, 5.41) is 3.04. The summed E-state index contributed by atoms with van der Waals surface area (Å²) in [5.41, 5.74) is 2.19. The number of para-hydroxylation sites is 1. The second kappa shape index (κ2) is 4.45. The Balaban J connectivity index is 2.64. The molecule has 0 aliphatic carbocycles. The van der Waals surface area contributed by atoms with Crippen LogP contribution in [0, 0.1) is 6.92 Å². The van der Waals surface area contributed by atoms with Crippen LogP contribution in [-0.4, -0.2) is 5.78 Å². The highest BCUT2D eigenvalue weighted by atomic mass is 16.1. The van der Waals surface area contributed by atoms with E-state index in [4.69, 9.17) is 0 Å². The molecule has 0 heterocycles. The smallest absolute Gasteiger partial charge is 0.154 e. The van der Waals surface area contributed by atoms with Gasteiger partial charge >= 0.3 is 0 Å². The molecule has 0 saturated carbocycles. The molecular formula is C11H13NO. The number of hydrogen-bond donors (Lipinski definition) is 1. The largest absolute Gasteiger partial charge is 0.361 e. The summed E-state index contributed by atoms with van der Waals surface area (Å²) in [6, 6.07) is 7.93. The third-order valence-corrected chi connectivity index (χ3v) is 1.70. The van der Waals surface area contributed by atoms with Gasteiger partial charge in [-0.15, -0.1) is 0 Å². The molecule has 0 saturated heterocycles. The molecule has 0 atom stereocenters. The molecule has 2 heteroatoms. The van der Waals surface area contributed by atoms with E-state index in [0.29, 0.717) is 0 Å². The predicted octanol–water partition coefficient (Wildman–Crippen LogP) is 2.51. The molecule has 0 spiro atoms. The van der Waals surface area contributed by atoms with Gasteiger partial charge in [-0.25, -0.2) is 0 Å². The van der Waals surface area contributed by atoms with Crippen molar-refractivity contribution in [1.82, 2.24) is 0 Å². The van der Waals surface area contributed by atoms with E-state index in [1.54, 1.807) is 6.20 Å². The van der Waals surface area contributed by atoms with Crippen LogP contribution in [0.25, 0.3) is 0 Å². The molecule has 68 valence electrons. The fourth-order valence-corrected chi connectivity index (χ4v) is 0.984. The second-order valence-electron chi connectivity index (χ2n) is 2.90. The Morgan fingerprint density at radius 2 is 2.08 bits per heavy atom. The summed E-state index contributed by atoms with van der Waals surface area (Å²) >= 11 is 0. The molecule has 1 N–H and O–H groups in total. The van der Waals surface area contributed by atoms with Crippen LogP contribution in [0.5, 0.6) is 0 Å². The van der Waals surface area contributed by atoms with Crippen LogP contribution in [0.3, 0.4) is 0 Å². The minimum Gasteiger partial charge on any atom is -0.361 e. The highest BCUT2D eigenvalue weighted by molar-refractivity contribution is 5.87. The van der Waals surface area contributed by atoms with Gasteiger partial charge in [-0.3, -0.25) is 4.79 Å². The van der Waals surface area contributed by atoms with Crippen molar-refractivity contribution in [3.05, 3.63) is 42.1 Å². The molecule has 1 rings (SSSR count). The Kier molecular flexibility index (Phi) is 3.26. The lowest BCUT2D eigenvalue weighted by atomic mass is 10.2. The Morgan fingerprint density at radius 3 is 2.69 bits per heavy atom. The fourth-order valence-electron chi connectivity index (χ4n) is 0.984. The van der Waals surface area contributed by atoms with Gasteiger partial charge in [-0.05, 0) is 31.6 Å². The minimum atomic E-state index is 0.0427. The van der Waals surface area contributed by atoms with Crippen molar-refractivity contribution < 1.29 is 4.79 Å². The highest BCUT2D eigenvalue weighted by Crippen LogP contribution is 2.12. The van der Waals surface area contributed by atoms with Crippen LogP contribution in [0.15, 0.2) is 36.5 Å². The first-order chi connectivity index (χ1) is 6.20. The number of hydrogen-bond acceptors (Lipinski definition) is 2. The summed E-state index contributed by atoms with van der Waals surface area (Å²) in [7, 11) is 0. The van der Waals surface area contributed by atoms with Gasteiger partial charge in [0.1, 0.15) is 0 Å². The van der Waals surface area contributed by atoms with Crippen molar-refractivity contribution in [2.24, 2.45) is 0 Å². The first-order valence-electron chi connectivity index (χ1n) is 4.19. The van der Waals surface area contributed by atoms with Crippen molar-refractivity contribution in [2.45, 2.75) is 13.8 Å². The van der Waals surface area contributed by atoms with Crippen LogP contribution in [-0.2, 0) is 4.79 Å². The number of carbonyl (C=O) groups excluding carboxylic acids is 1. The lowest BCUT2D eigenvalue weighted by Crippen LogP contribution is -1.91. The summed E-state index contributed by atoms with van der Waals surface area (Å²) in [6.45, 7) is 3.54. The van der Waals surface area contributed by atoms with E-state index >= 15 is 0 Å². The average molecular weight is 175 g/mol. The van der Waals surface area contributed by atoms with Gasteiger partial charge in [0.2, 0.25) is 0 Å². The number of ketones is 1. The van der Waals surface area contributed by atoms with Gasteiger partial charge in [0.25, 0.3) is 0 Å². The maximum atomic E-state index is 10.6. The van der Waals surface area contributed by atoms with Crippen molar-refractivity contribution in [2.75, 3.05) is 5.32 Å². The van der Waals surface area contributed by atoms with E-state index in [-0.39, 0.29) is 5.78 Å². The summed E-state index contributed by atoms with van der Waals surface area (Å²) in [5.74, 6) is 0.0427. The van der Waals surface area contributed by atoms with Crippen molar-refractivity contribution in [3.8, 4) is 0 Å². The molecule has 0 radical (unpaired) electrons. The van der Waals surface area contributed by atoms with Gasteiger partial charge < -0.3 is 5.32 Å². The zero-order valence-electron chi connectivity index (χ0n) is 7.87. The molecule has 0 fully saturated rings. The maximum Gasteiger partial charge on any atom is 0.154 e. The van der Waals surface area contributed by atoms with Gasteiger partial charge in [0, 0.05) is 11.9 Å². The van der Waals surface area contributed by atoms with E-state index in [9.17, 15) is 4.79 Å². The van der Waals surface area contributed by atoms with Gasteiger partial charge in [-0.1, -0.05) is 18.2 Å². The number of carbonyl (C=O) groups is 1. The van der Waals surface area contributed by atoms with Gasteiger partial charge in [-0.2, -0.15) is 0 Å². The molecule has 13 heavy (non-hydrogen) atoms. The van der Waals surface area contributed by atoms with E-state index < -0.39 is 0 Å². The summed E-state index contributed by atoms with van der Waals surface area (Å²) < 4.78 is 0. The van der Waals surface area contributed by atoms with E-state index in [0.717, 1.165) is 11.3 Å². The van der Waals surface area contributed by atoms with E-state index in [1.165, 1.54) is 13.0 Å². The number of anilines is 1. The topological polar surface area (TPSA) is 29.1 Å². The minimum absolute atomic E-state index is 0.0427. The maximum absolute atomic E-state index is 10.6. The standard InChI is InChI=1S/C11H13NO/c1-9-5-3-4-6-11(9)12-8-7-10(2)13/h3-8,12H,1-2H3/b8-7+. The zero-order valence-corrected chi connectivity index (χ0v) is 7.87. The third-order valence-electron chi connectivity index (χ3n) is 1.70. The number of rotatable bonds is 3. The third kappa shape index (κ3) is 3.11. The number of aryl methyl sites for hydroxylation is 1. The van der Waals surface area contributed by atoms with Crippen LogP contribution >= 0.6 is 0 Å². The summed E-state index contributed by atoms with van der Waals surface area (Å²) in [6.07, 6.45) is 3.16. The van der Waals surface area contributed by atoms with Gasteiger partial charge in [0.15, 0.2) is 5.78 Å². The highest BCUT2D eigenvalue weighted by Gasteiger charge is 1.91. The zero-order chi connectivity index (χ0) is 9.68. The molecule has 0 aliphatic heterocycles. The van der Waals surface area contributed by atoms with Crippen molar-refractivity contribution in [3.63, 3.8) is 0 Å². The molecule has 0 aliphatic rings. The molecule has 0 unspecified atom stereocenters. The van der Waals surface area contributed by atoms with Crippen molar-refractivity contribution in [1.29, 1.82) is 0 Å². The Labute approximate surface area is 78.3 Å². The van der Waals surface area contributed by atoms with Crippen LogP contribution in [0.1, 0.15) is 12.5 Å². The predicted molar refractivity (Wildman–Crippen MR) is 54.6 cm³/mol. The average Bonchev–Trinajstić information content (AvgIpc) is 2.08. The molecule has 2 nitrogen and oxygen atoms in total. The Hall–Kier alpha value is -1.57. The first kappa shape index (κ1) is 9.52. The SMILES string of the molecule is CC(=O)/C=C/Nc1ccccc1C. The van der Waals surface area contributed by atoms with Gasteiger partial charge in [0.05, 0.1) is 0 Å². The van der Waals surface area contributed by atoms with E-state index in [1.807, 2.05) is 31.2 Å². The van der Waals surface area contributed by atoms with E-state index in [2.05, 4.69) is 5.32 Å². The molecular weight excluding hydrogens is 162 g/mol. The quantitative estimate of drug-likeness (QED) is 0.715. The number of allylic oxidation sites excluding steroid dienone is 1. The lowest BCUT2D eigenvalue weighted by Gasteiger charge is -2.03. The molecule has 0 amide bonds. The molecule has 0 aromatic heterocycles. The van der Waals surface area contributed by atoms with Crippen molar-refractivity contribution >= 4 is 11.5 Å². The number of nitrogens with one attached hydrogen (secondary N) is 1. The first-order valence-corrected chi connectivity index (χ1v) is 4.19. The monoisotopic (exact) mass is 175 g/mol.